The smallest absolute Gasteiger partial charge is 0.335 e. The van der Waals surface area contributed by atoms with E-state index >= 15 is 0 Å². The molecule has 0 aliphatic rings. The van der Waals surface area contributed by atoms with Gasteiger partial charge >= 0.3 is 11.7 Å². The van der Waals surface area contributed by atoms with Gasteiger partial charge in [0.25, 0.3) is 5.56 Å². The maximum absolute atomic E-state index is 13.3. The molecule has 0 bridgehead atoms. The summed E-state index contributed by atoms with van der Waals surface area (Å²) in [6.07, 6.45) is 1.34. The Morgan fingerprint density at radius 2 is 1.77 bits per heavy atom. The summed E-state index contributed by atoms with van der Waals surface area (Å²) in [7, 11) is 0. The van der Waals surface area contributed by atoms with E-state index in [2.05, 4.69) is 10.1 Å². The third-order valence-electron chi connectivity index (χ3n) is 5.86. The number of aromatic nitrogens is 2. The van der Waals surface area contributed by atoms with Gasteiger partial charge in [-0.2, -0.15) is 9.78 Å². The second-order valence-electron chi connectivity index (χ2n) is 8.46. The first-order valence-electron chi connectivity index (χ1n) is 11.8. The number of fused-ring (bicyclic) bond motifs is 1. The average molecular weight is 521 g/mol. The van der Waals surface area contributed by atoms with Crippen molar-refractivity contribution in [1.29, 1.82) is 0 Å². The molecule has 0 aliphatic carbocycles. The summed E-state index contributed by atoms with van der Waals surface area (Å²) in [5, 5.41) is 25.7. The van der Waals surface area contributed by atoms with Crippen molar-refractivity contribution in [3.8, 4) is 17.1 Å². The first kappa shape index (κ1) is 25.0. The van der Waals surface area contributed by atoms with Gasteiger partial charge in [0.05, 0.1) is 27.6 Å². The molecule has 0 saturated heterocycles. The second kappa shape index (κ2) is 10.8. The number of carboxylic acid groups (broad SMARTS) is 1. The summed E-state index contributed by atoms with van der Waals surface area (Å²) >= 11 is 0. The van der Waals surface area contributed by atoms with E-state index in [1.807, 2.05) is 30.3 Å². The van der Waals surface area contributed by atoms with Gasteiger partial charge < -0.3 is 9.84 Å². The molecule has 10 nitrogen and oxygen atoms in total. The fourth-order valence-corrected chi connectivity index (χ4v) is 3.96. The number of nitro groups is 1. The zero-order valence-electron chi connectivity index (χ0n) is 20.3. The topological polar surface area (TPSA) is 137 Å². The monoisotopic (exact) mass is 520 g/mol. The number of carboxylic acids is 1. The molecule has 1 aromatic heterocycles. The predicted molar refractivity (Wildman–Crippen MR) is 145 cm³/mol. The zero-order chi connectivity index (χ0) is 27.4. The number of nitrogens with zero attached hydrogens (tertiary/aromatic N) is 4. The number of carbonyl (C=O) groups is 1. The molecular formula is C29H20N4O6. The van der Waals surface area contributed by atoms with Crippen molar-refractivity contribution >= 4 is 28.8 Å². The molecular weight excluding hydrogens is 500 g/mol. The molecule has 0 radical (unpaired) electrons. The Kier molecular flexibility index (Phi) is 6.91. The lowest BCUT2D eigenvalue weighted by molar-refractivity contribution is -0.385. The molecule has 0 spiro atoms. The minimum atomic E-state index is -1.08. The van der Waals surface area contributed by atoms with Crippen LogP contribution in [-0.2, 0) is 6.61 Å². The maximum Gasteiger partial charge on any atom is 0.335 e. The number of hydrogen-bond acceptors (Lipinski definition) is 7. The molecule has 0 atom stereocenters. The summed E-state index contributed by atoms with van der Waals surface area (Å²) in [6.45, 7) is -0.0615. The molecule has 5 aromatic rings. The minimum absolute atomic E-state index is 0.00684. The minimum Gasteiger partial charge on any atom is -0.482 e. The second-order valence-corrected chi connectivity index (χ2v) is 8.46. The molecule has 1 heterocycles. The highest BCUT2D eigenvalue weighted by molar-refractivity contribution is 5.87. The fraction of sp³-hybridized carbons (Fsp3) is 0.0345. The number of benzene rings is 4. The molecule has 0 fully saturated rings. The van der Waals surface area contributed by atoms with Crippen LogP contribution in [0, 0.1) is 10.1 Å². The van der Waals surface area contributed by atoms with E-state index < -0.39 is 10.9 Å². The van der Waals surface area contributed by atoms with E-state index in [0.717, 1.165) is 0 Å². The van der Waals surface area contributed by atoms with E-state index in [0.29, 0.717) is 33.4 Å². The molecule has 39 heavy (non-hydrogen) atoms. The van der Waals surface area contributed by atoms with Crippen molar-refractivity contribution in [1.82, 2.24) is 9.66 Å². The van der Waals surface area contributed by atoms with Gasteiger partial charge in [0, 0.05) is 17.2 Å². The van der Waals surface area contributed by atoms with Crippen molar-refractivity contribution in [2.24, 2.45) is 5.10 Å². The van der Waals surface area contributed by atoms with Gasteiger partial charge in [0.2, 0.25) is 0 Å². The SMILES string of the molecule is O=C(O)c1cccc(COc2ccc(C=Nn3c(-c4ccccc4)nc4ccccc4c3=O)cc2[N+](=O)[O-])c1. The van der Waals surface area contributed by atoms with Crippen molar-refractivity contribution in [2.75, 3.05) is 0 Å². The number of para-hydroxylation sites is 1. The Hall–Kier alpha value is -5.64. The van der Waals surface area contributed by atoms with Gasteiger partial charge in [-0.25, -0.2) is 9.78 Å². The molecule has 5 rings (SSSR count). The highest BCUT2D eigenvalue weighted by atomic mass is 16.6. The molecule has 192 valence electrons. The van der Waals surface area contributed by atoms with Crippen LogP contribution in [0.4, 0.5) is 5.69 Å². The number of hydrogen-bond donors (Lipinski definition) is 1. The summed E-state index contributed by atoms with van der Waals surface area (Å²) < 4.78 is 6.81. The Morgan fingerprint density at radius 1 is 1.00 bits per heavy atom. The number of rotatable bonds is 8. The predicted octanol–water partition coefficient (Wildman–Crippen LogP) is 5.13. The lowest BCUT2D eigenvalue weighted by Crippen LogP contribution is -2.20. The van der Waals surface area contributed by atoms with Crippen LogP contribution in [-0.4, -0.2) is 31.9 Å². The first-order valence-corrected chi connectivity index (χ1v) is 11.8. The standard InChI is InChI=1S/C29H20N4O6/c34-28-23-11-4-5-12-24(23)31-27(21-8-2-1-3-9-21)32(28)30-17-19-13-14-26(25(16-19)33(37)38)39-18-20-7-6-10-22(15-20)29(35)36/h1-17H,18H2,(H,35,36). The van der Waals surface area contributed by atoms with Crippen LogP contribution in [0.1, 0.15) is 21.5 Å². The highest BCUT2D eigenvalue weighted by Crippen LogP contribution is 2.28. The quantitative estimate of drug-likeness (QED) is 0.170. The van der Waals surface area contributed by atoms with Crippen molar-refractivity contribution < 1.29 is 19.6 Å². The number of nitro benzene ring substituents is 1. The molecule has 4 aromatic carbocycles. The Bertz CT molecular complexity index is 1800. The molecule has 0 saturated carbocycles. The van der Waals surface area contributed by atoms with E-state index in [9.17, 15) is 19.7 Å². The van der Waals surface area contributed by atoms with Gasteiger partial charge in [0.15, 0.2) is 11.6 Å². The van der Waals surface area contributed by atoms with E-state index in [-0.39, 0.29) is 29.2 Å². The van der Waals surface area contributed by atoms with Crippen LogP contribution >= 0.6 is 0 Å². The lowest BCUT2D eigenvalue weighted by atomic mass is 10.1. The molecule has 1 N–H and O–H groups in total. The van der Waals surface area contributed by atoms with Crippen molar-refractivity contribution in [3.05, 3.63) is 134 Å². The van der Waals surface area contributed by atoms with Crippen LogP contribution in [0.2, 0.25) is 0 Å². The van der Waals surface area contributed by atoms with E-state index in [1.165, 1.54) is 35.2 Å². The van der Waals surface area contributed by atoms with Crippen LogP contribution in [0.15, 0.2) is 107 Å². The molecule has 10 heteroatoms. The number of ether oxygens (including phenoxy) is 1. The maximum atomic E-state index is 13.3. The van der Waals surface area contributed by atoms with Gasteiger partial charge in [-0.05, 0) is 42.0 Å². The van der Waals surface area contributed by atoms with Crippen LogP contribution in [0.3, 0.4) is 0 Å². The summed E-state index contributed by atoms with van der Waals surface area (Å²) in [5.74, 6) is -0.747. The lowest BCUT2D eigenvalue weighted by Gasteiger charge is -2.10. The highest BCUT2D eigenvalue weighted by Gasteiger charge is 2.17. The van der Waals surface area contributed by atoms with Crippen LogP contribution < -0.4 is 10.3 Å². The van der Waals surface area contributed by atoms with Crippen LogP contribution in [0.5, 0.6) is 5.75 Å². The Balaban J connectivity index is 1.48. The van der Waals surface area contributed by atoms with Crippen molar-refractivity contribution in [3.63, 3.8) is 0 Å². The summed E-state index contributed by atoms with van der Waals surface area (Å²) in [6, 6.07) is 26.5. The van der Waals surface area contributed by atoms with Gasteiger partial charge in [-0.1, -0.05) is 54.6 Å². The summed E-state index contributed by atoms with van der Waals surface area (Å²) in [4.78, 5) is 40.3. The van der Waals surface area contributed by atoms with E-state index in [4.69, 9.17) is 9.84 Å². The third kappa shape index (κ3) is 5.39. The van der Waals surface area contributed by atoms with Gasteiger partial charge in [0.1, 0.15) is 6.61 Å². The summed E-state index contributed by atoms with van der Waals surface area (Å²) in [5.41, 5.74) is 1.52. The van der Waals surface area contributed by atoms with Crippen molar-refractivity contribution in [2.45, 2.75) is 6.61 Å². The Labute approximate surface area is 221 Å². The normalized spacial score (nSPS) is 11.1. The fourth-order valence-electron chi connectivity index (χ4n) is 3.96. The first-order chi connectivity index (χ1) is 18.9. The van der Waals surface area contributed by atoms with Crippen LogP contribution in [0.25, 0.3) is 22.3 Å². The Morgan fingerprint density at radius 3 is 2.54 bits per heavy atom. The zero-order valence-corrected chi connectivity index (χ0v) is 20.3. The number of aromatic carboxylic acids is 1. The molecule has 0 amide bonds. The van der Waals surface area contributed by atoms with Gasteiger partial charge in [-0.3, -0.25) is 14.9 Å². The largest absolute Gasteiger partial charge is 0.482 e. The molecule has 0 aliphatic heterocycles. The van der Waals surface area contributed by atoms with Gasteiger partial charge in [-0.15, -0.1) is 0 Å². The average Bonchev–Trinajstić information content (AvgIpc) is 2.96. The van der Waals surface area contributed by atoms with E-state index in [1.54, 1.807) is 42.5 Å². The third-order valence-corrected chi connectivity index (χ3v) is 5.86. The molecule has 0 unspecified atom stereocenters.